The van der Waals surface area contributed by atoms with Gasteiger partial charge >= 0.3 is 0 Å². The van der Waals surface area contributed by atoms with Crippen LogP contribution in [0.3, 0.4) is 0 Å². The van der Waals surface area contributed by atoms with Gasteiger partial charge in [-0.05, 0) is 64.1 Å². The zero-order chi connectivity index (χ0) is 20.9. The Morgan fingerprint density at radius 2 is 0.852 bits per heavy atom. The van der Waals surface area contributed by atoms with Crippen molar-refractivity contribution in [3.8, 4) is 0 Å². The van der Waals surface area contributed by atoms with Crippen LogP contribution < -0.4 is 0 Å². The van der Waals surface area contributed by atoms with Gasteiger partial charge in [-0.15, -0.1) is 0 Å². The van der Waals surface area contributed by atoms with E-state index in [2.05, 4.69) is 13.8 Å². The van der Waals surface area contributed by atoms with E-state index in [0.717, 1.165) is 11.1 Å². The molecule has 0 saturated heterocycles. The van der Waals surface area contributed by atoms with E-state index in [0.29, 0.717) is 17.0 Å². The van der Waals surface area contributed by atoms with Crippen LogP contribution in [0.5, 0.6) is 0 Å². The molecular weight excluding hydrogens is 345 g/mol. The Morgan fingerprint density at radius 1 is 0.481 bits per heavy atom. The molecule has 0 amide bonds. The van der Waals surface area contributed by atoms with Crippen LogP contribution in [0.1, 0.15) is 101 Å². The highest BCUT2D eigenvalue weighted by Gasteiger charge is 2.14. The quantitative estimate of drug-likeness (QED) is 0.502. The molecule has 0 aliphatic rings. The molecular formula is C24H33F3. The zero-order valence-corrected chi connectivity index (χ0v) is 17.8. The van der Waals surface area contributed by atoms with Crippen molar-refractivity contribution in [2.75, 3.05) is 0 Å². The van der Waals surface area contributed by atoms with Crippen LogP contribution in [0.15, 0.2) is 30.3 Å². The van der Waals surface area contributed by atoms with Crippen molar-refractivity contribution in [2.24, 2.45) is 0 Å². The van der Waals surface area contributed by atoms with Crippen molar-refractivity contribution >= 4 is 0 Å². The molecule has 0 atom stereocenters. The molecule has 0 bridgehead atoms. The first-order chi connectivity index (χ1) is 12.5. The molecule has 0 unspecified atom stereocenters. The molecule has 0 aliphatic carbocycles. The largest absolute Gasteiger partial charge is 0.207 e. The summed E-state index contributed by atoms with van der Waals surface area (Å²) < 4.78 is 40.4. The minimum Gasteiger partial charge on any atom is -0.207 e. The van der Waals surface area contributed by atoms with Crippen LogP contribution in [0.4, 0.5) is 13.2 Å². The monoisotopic (exact) mass is 378 g/mol. The molecule has 2 rings (SSSR count). The Morgan fingerprint density at radius 3 is 1.15 bits per heavy atom. The first-order valence-electron chi connectivity index (χ1n) is 9.73. The van der Waals surface area contributed by atoms with Crippen LogP contribution in [-0.2, 0) is 0 Å². The Labute approximate surface area is 162 Å². The molecule has 0 radical (unpaired) electrons. The molecule has 0 nitrogen and oxygen atoms in total. The molecule has 0 saturated carbocycles. The summed E-state index contributed by atoms with van der Waals surface area (Å²) in [6.45, 7) is 15.6. The van der Waals surface area contributed by atoms with E-state index >= 15 is 0 Å². The van der Waals surface area contributed by atoms with Crippen molar-refractivity contribution < 1.29 is 13.2 Å². The molecule has 2 aromatic carbocycles. The van der Waals surface area contributed by atoms with Crippen molar-refractivity contribution in [1.29, 1.82) is 0 Å². The maximum atomic E-state index is 13.5. The number of benzene rings is 2. The lowest BCUT2D eigenvalue weighted by molar-refractivity contribution is 0.557. The van der Waals surface area contributed by atoms with Crippen LogP contribution in [0, 0.1) is 17.5 Å². The molecule has 0 spiro atoms. The molecule has 3 heteroatoms. The maximum absolute atomic E-state index is 13.5. The third kappa shape index (κ3) is 6.41. The summed E-state index contributed by atoms with van der Waals surface area (Å²) in [5.74, 6) is 0.0322. The van der Waals surface area contributed by atoms with Gasteiger partial charge in [0.2, 0.25) is 0 Å². The first-order valence-corrected chi connectivity index (χ1v) is 9.73. The van der Waals surface area contributed by atoms with Gasteiger partial charge in [0.05, 0.1) is 0 Å². The van der Waals surface area contributed by atoms with Crippen molar-refractivity contribution in [3.05, 3.63) is 70.0 Å². The van der Waals surface area contributed by atoms with Gasteiger partial charge in [0, 0.05) is 0 Å². The zero-order valence-electron chi connectivity index (χ0n) is 17.8. The molecule has 2 aromatic rings. The second-order valence-electron chi connectivity index (χ2n) is 8.29. The van der Waals surface area contributed by atoms with Gasteiger partial charge in [0.15, 0.2) is 0 Å². The van der Waals surface area contributed by atoms with E-state index in [1.54, 1.807) is 6.07 Å². The highest BCUT2D eigenvalue weighted by molar-refractivity contribution is 5.30. The van der Waals surface area contributed by atoms with Crippen LogP contribution >= 0.6 is 0 Å². The van der Waals surface area contributed by atoms with Gasteiger partial charge in [-0.25, -0.2) is 13.2 Å². The van der Waals surface area contributed by atoms with E-state index in [4.69, 9.17) is 0 Å². The third-order valence-electron chi connectivity index (χ3n) is 4.67. The minimum atomic E-state index is -0.301. The summed E-state index contributed by atoms with van der Waals surface area (Å²) in [4.78, 5) is 0. The first kappa shape index (κ1) is 23.3. The van der Waals surface area contributed by atoms with Gasteiger partial charge < -0.3 is 0 Å². The fourth-order valence-corrected chi connectivity index (χ4v) is 2.83. The van der Waals surface area contributed by atoms with Gasteiger partial charge in [-0.3, -0.25) is 0 Å². The second kappa shape index (κ2) is 9.96. The lowest BCUT2D eigenvalue weighted by atomic mass is 9.96. The third-order valence-corrected chi connectivity index (χ3v) is 4.67. The average molecular weight is 379 g/mol. The maximum Gasteiger partial charge on any atom is 0.127 e. The predicted molar refractivity (Wildman–Crippen MR) is 109 cm³/mol. The predicted octanol–water partition coefficient (Wildman–Crippen LogP) is 8.28. The summed E-state index contributed by atoms with van der Waals surface area (Å²) in [6.07, 6.45) is 0. The molecule has 0 aromatic heterocycles. The van der Waals surface area contributed by atoms with Gasteiger partial charge in [0.25, 0.3) is 0 Å². The SMILES string of the molecule is CC(C)c1cc(F)c(C(C)C)cc1F.CC(C)c1ccc(C(C)C)c(F)c1. The van der Waals surface area contributed by atoms with Crippen LogP contribution in [0.2, 0.25) is 0 Å². The topological polar surface area (TPSA) is 0 Å². The molecule has 0 N–H and O–H groups in total. The highest BCUT2D eigenvalue weighted by atomic mass is 19.1. The summed E-state index contributed by atoms with van der Waals surface area (Å²) >= 11 is 0. The number of hydrogen-bond donors (Lipinski definition) is 0. The smallest absolute Gasteiger partial charge is 0.127 e. The lowest BCUT2D eigenvalue weighted by Crippen LogP contribution is -2.00. The molecule has 27 heavy (non-hydrogen) atoms. The van der Waals surface area contributed by atoms with Gasteiger partial charge in [-0.2, -0.15) is 0 Å². The van der Waals surface area contributed by atoms with Gasteiger partial charge in [0.1, 0.15) is 17.5 Å². The standard InChI is InChI=1S/C12H16F2.C12H17F/c1-7(2)9-5-12(14)10(8(3)4)6-11(9)13;1-8(2)10-5-6-11(9(3)4)12(13)7-10/h5-8H,1-4H3;5-9H,1-4H3. The van der Waals surface area contributed by atoms with E-state index in [1.165, 1.54) is 12.1 Å². The highest BCUT2D eigenvalue weighted by Crippen LogP contribution is 2.26. The van der Waals surface area contributed by atoms with E-state index < -0.39 is 0 Å². The normalized spacial score (nSPS) is 11.4. The summed E-state index contributed by atoms with van der Waals surface area (Å²) in [5.41, 5.74) is 2.78. The summed E-state index contributed by atoms with van der Waals surface area (Å²) in [5, 5.41) is 0. The van der Waals surface area contributed by atoms with Crippen LogP contribution in [-0.4, -0.2) is 0 Å². The second-order valence-corrected chi connectivity index (χ2v) is 8.29. The number of halogens is 3. The van der Waals surface area contributed by atoms with E-state index in [1.807, 2.05) is 53.7 Å². The Balaban J connectivity index is 0.000000271. The van der Waals surface area contributed by atoms with Crippen molar-refractivity contribution in [3.63, 3.8) is 0 Å². The average Bonchev–Trinajstić information content (AvgIpc) is 2.56. The molecule has 0 heterocycles. The van der Waals surface area contributed by atoms with Crippen molar-refractivity contribution in [2.45, 2.75) is 79.1 Å². The summed E-state index contributed by atoms with van der Waals surface area (Å²) in [6, 6.07) is 8.20. The Bertz CT molecular complexity index is 710. The minimum absolute atomic E-state index is 0.0192. The Kier molecular flexibility index (Phi) is 8.59. The molecule has 150 valence electrons. The van der Waals surface area contributed by atoms with Gasteiger partial charge in [-0.1, -0.05) is 67.5 Å². The molecule has 0 fully saturated rings. The fraction of sp³-hybridized carbons (Fsp3) is 0.500. The number of rotatable bonds is 4. The van der Waals surface area contributed by atoms with E-state index in [-0.39, 0.29) is 35.2 Å². The fourth-order valence-electron chi connectivity index (χ4n) is 2.83. The van der Waals surface area contributed by atoms with E-state index in [9.17, 15) is 13.2 Å². The lowest BCUT2D eigenvalue weighted by Gasteiger charge is -2.12. The number of hydrogen-bond acceptors (Lipinski definition) is 0. The molecule has 0 aliphatic heterocycles. The van der Waals surface area contributed by atoms with Crippen LogP contribution in [0.25, 0.3) is 0 Å². The van der Waals surface area contributed by atoms with Crippen molar-refractivity contribution in [1.82, 2.24) is 0 Å². The summed E-state index contributed by atoms with van der Waals surface area (Å²) in [7, 11) is 0. The Hall–Kier alpha value is -1.77.